The molecule has 0 aromatic heterocycles. The maximum Gasteiger partial charge on any atom is 0.338 e. The van der Waals surface area contributed by atoms with Crippen molar-refractivity contribution in [3.8, 4) is 5.75 Å². The van der Waals surface area contributed by atoms with Gasteiger partial charge in [0.2, 0.25) is 0 Å². The Kier molecular flexibility index (Phi) is 6.01. The van der Waals surface area contributed by atoms with Gasteiger partial charge in [-0.05, 0) is 36.4 Å². The fourth-order valence-corrected chi connectivity index (χ4v) is 2.37. The van der Waals surface area contributed by atoms with Crippen LogP contribution in [-0.4, -0.2) is 25.6 Å². The second kappa shape index (κ2) is 7.99. The smallest absolute Gasteiger partial charge is 0.338 e. The minimum atomic E-state index is -0.584. The Labute approximate surface area is 146 Å². The van der Waals surface area contributed by atoms with Crippen molar-refractivity contribution >= 4 is 45.1 Å². The zero-order valence-corrected chi connectivity index (χ0v) is 14.5. The van der Waals surface area contributed by atoms with Gasteiger partial charge in [0.05, 0.1) is 18.4 Å². The van der Waals surface area contributed by atoms with Crippen LogP contribution in [0.1, 0.15) is 10.4 Å². The van der Waals surface area contributed by atoms with Crippen molar-refractivity contribution < 1.29 is 19.1 Å². The fraction of sp³-hybridized carbons (Fsp3) is 0.125. The summed E-state index contributed by atoms with van der Waals surface area (Å²) in [5, 5.41) is 3.04. The van der Waals surface area contributed by atoms with Gasteiger partial charge in [0, 0.05) is 9.50 Å². The molecule has 2 aromatic rings. The third-order valence-electron chi connectivity index (χ3n) is 2.83. The van der Waals surface area contributed by atoms with Crippen molar-refractivity contribution in [2.75, 3.05) is 19.0 Å². The van der Waals surface area contributed by atoms with Crippen LogP contribution in [-0.2, 0) is 9.53 Å². The molecule has 5 nitrogen and oxygen atoms in total. The van der Waals surface area contributed by atoms with Crippen LogP contribution in [0.4, 0.5) is 5.69 Å². The molecule has 1 amide bonds. The first-order chi connectivity index (χ1) is 11.0. The second-order valence-corrected chi connectivity index (χ2v) is 5.83. The maximum atomic E-state index is 11.9. The largest absolute Gasteiger partial charge is 0.495 e. The van der Waals surface area contributed by atoms with Gasteiger partial charge in [-0.3, -0.25) is 4.79 Å². The number of carbonyl (C=O) groups excluding carboxylic acids is 2. The van der Waals surface area contributed by atoms with Crippen LogP contribution < -0.4 is 10.1 Å². The molecule has 0 saturated carbocycles. The van der Waals surface area contributed by atoms with Gasteiger partial charge in [0.1, 0.15) is 5.75 Å². The van der Waals surface area contributed by atoms with Crippen molar-refractivity contribution in [1.29, 1.82) is 0 Å². The lowest BCUT2D eigenvalue weighted by atomic mass is 10.2. The summed E-state index contributed by atoms with van der Waals surface area (Å²) in [6, 6.07) is 11.5. The predicted octanol–water partition coefficient (Wildman–Crippen LogP) is 3.91. The molecule has 7 heteroatoms. The Balaban J connectivity index is 1.95. The van der Waals surface area contributed by atoms with E-state index in [1.807, 2.05) is 0 Å². The molecule has 0 aliphatic rings. The Bertz CT molecular complexity index is 736. The summed E-state index contributed by atoms with van der Waals surface area (Å²) in [7, 11) is 1.48. The number of hydrogen-bond acceptors (Lipinski definition) is 4. The fourth-order valence-electron chi connectivity index (χ4n) is 1.79. The highest BCUT2D eigenvalue weighted by molar-refractivity contribution is 9.10. The predicted molar refractivity (Wildman–Crippen MR) is 91.1 cm³/mol. The number of carbonyl (C=O) groups is 2. The molecule has 2 aromatic carbocycles. The number of hydrogen-bond donors (Lipinski definition) is 1. The molecule has 0 unspecified atom stereocenters. The van der Waals surface area contributed by atoms with E-state index in [2.05, 4.69) is 21.2 Å². The molecule has 0 heterocycles. The monoisotopic (exact) mass is 397 g/mol. The van der Waals surface area contributed by atoms with Crippen LogP contribution in [0.25, 0.3) is 0 Å². The van der Waals surface area contributed by atoms with E-state index in [1.54, 1.807) is 42.5 Å². The SMILES string of the molecule is COc1ccc(Cl)cc1NC(=O)COC(=O)c1cccc(Br)c1. The van der Waals surface area contributed by atoms with Gasteiger partial charge in [-0.15, -0.1) is 0 Å². The first-order valence-electron chi connectivity index (χ1n) is 6.55. The first-order valence-corrected chi connectivity index (χ1v) is 7.73. The molecule has 0 fully saturated rings. The van der Waals surface area contributed by atoms with Gasteiger partial charge in [0.15, 0.2) is 6.61 Å². The summed E-state index contributed by atoms with van der Waals surface area (Å²) in [4.78, 5) is 23.8. The van der Waals surface area contributed by atoms with Gasteiger partial charge < -0.3 is 14.8 Å². The molecular weight excluding hydrogens is 386 g/mol. The number of rotatable bonds is 5. The van der Waals surface area contributed by atoms with Crippen LogP contribution in [0.3, 0.4) is 0 Å². The average Bonchev–Trinajstić information content (AvgIpc) is 2.53. The number of benzene rings is 2. The highest BCUT2D eigenvalue weighted by atomic mass is 79.9. The number of amides is 1. The van der Waals surface area contributed by atoms with Gasteiger partial charge in [0.25, 0.3) is 5.91 Å². The summed E-state index contributed by atoms with van der Waals surface area (Å²) in [5.41, 5.74) is 0.760. The molecule has 0 radical (unpaired) electrons. The number of methoxy groups -OCH3 is 1. The van der Waals surface area contributed by atoms with Crippen LogP contribution in [0, 0.1) is 0 Å². The van der Waals surface area contributed by atoms with Gasteiger partial charge in [-0.1, -0.05) is 33.6 Å². The lowest BCUT2D eigenvalue weighted by Crippen LogP contribution is -2.21. The van der Waals surface area contributed by atoms with Crippen LogP contribution in [0.15, 0.2) is 46.9 Å². The van der Waals surface area contributed by atoms with Crippen molar-refractivity contribution in [3.63, 3.8) is 0 Å². The molecular formula is C16H13BrClNO4. The van der Waals surface area contributed by atoms with Crippen molar-refractivity contribution in [2.24, 2.45) is 0 Å². The Morgan fingerprint density at radius 2 is 2.00 bits per heavy atom. The Morgan fingerprint density at radius 3 is 2.70 bits per heavy atom. The molecule has 23 heavy (non-hydrogen) atoms. The highest BCUT2D eigenvalue weighted by Gasteiger charge is 2.12. The van der Waals surface area contributed by atoms with E-state index < -0.39 is 18.5 Å². The Hall–Kier alpha value is -2.05. The standard InChI is InChI=1S/C16H13BrClNO4/c1-22-14-6-5-12(18)8-13(14)19-15(20)9-23-16(21)10-3-2-4-11(17)7-10/h2-8H,9H2,1H3,(H,19,20). The van der Waals surface area contributed by atoms with Gasteiger partial charge in [-0.2, -0.15) is 0 Å². The number of ether oxygens (including phenoxy) is 2. The molecule has 2 rings (SSSR count). The van der Waals surface area contributed by atoms with Gasteiger partial charge >= 0.3 is 5.97 Å². The minimum Gasteiger partial charge on any atom is -0.495 e. The first kappa shape index (κ1) is 17.3. The van der Waals surface area contributed by atoms with E-state index in [0.717, 1.165) is 4.47 Å². The maximum absolute atomic E-state index is 11.9. The molecule has 0 aliphatic heterocycles. The molecule has 0 spiro atoms. The highest BCUT2D eigenvalue weighted by Crippen LogP contribution is 2.27. The normalized spacial score (nSPS) is 10.0. The summed E-state index contributed by atoms with van der Waals surface area (Å²) in [6.45, 7) is -0.416. The molecule has 0 saturated heterocycles. The number of nitrogens with one attached hydrogen (secondary N) is 1. The summed E-state index contributed by atoms with van der Waals surface area (Å²) in [6.07, 6.45) is 0. The summed E-state index contributed by atoms with van der Waals surface area (Å²) < 4.78 is 10.8. The molecule has 0 bridgehead atoms. The van der Waals surface area contributed by atoms with E-state index in [0.29, 0.717) is 22.0 Å². The van der Waals surface area contributed by atoms with Crippen LogP contribution >= 0.6 is 27.5 Å². The van der Waals surface area contributed by atoms with E-state index in [-0.39, 0.29) is 0 Å². The quantitative estimate of drug-likeness (QED) is 0.776. The van der Waals surface area contributed by atoms with Crippen LogP contribution in [0.2, 0.25) is 5.02 Å². The topological polar surface area (TPSA) is 64.6 Å². The lowest BCUT2D eigenvalue weighted by Gasteiger charge is -2.11. The third-order valence-corrected chi connectivity index (χ3v) is 3.56. The third kappa shape index (κ3) is 4.97. The Morgan fingerprint density at radius 1 is 1.22 bits per heavy atom. The van der Waals surface area contributed by atoms with Crippen molar-refractivity contribution in [3.05, 3.63) is 57.5 Å². The summed E-state index contributed by atoms with van der Waals surface area (Å²) >= 11 is 9.15. The molecule has 0 atom stereocenters. The van der Waals surface area contributed by atoms with Crippen molar-refractivity contribution in [2.45, 2.75) is 0 Å². The molecule has 1 N–H and O–H groups in total. The molecule has 120 valence electrons. The zero-order valence-electron chi connectivity index (χ0n) is 12.1. The van der Waals surface area contributed by atoms with Crippen molar-refractivity contribution in [1.82, 2.24) is 0 Å². The summed E-state index contributed by atoms with van der Waals surface area (Å²) in [5.74, 6) is -0.616. The average molecular weight is 399 g/mol. The number of halogens is 2. The molecule has 0 aliphatic carbocycles. The van der Waals surface area contributed by atoms with E-state index >= 15 is 0 Å². The number of anilines is 1. The van der Waals surface area contributed by atoms with E-state index in [4.69, 9.17) is 21.1 Å². The lowest BCUT2D eigenvalue weighted by molar-refractivity contribution is -0.119. The van der Waals surface area contributed by atoms with E-state index in [9.17, 15) is 9.59 Å². The van der Waals surface area contributed by atoms with Gasteiger partial charge in [-0.25, -0.2) is 4.79 Å². The van der Waals surface area contributed by atoms with E-state index in [1.165, 1.54) is 7.11 Å². The minimum absolute atomic E-state index is 0.354. The second-order valence-electron chi connectivity index (χ2n) is 4.48. The van der Waals surface area contributed by atoms with Crippen LogP contribution in [0.5, 0.6) is 5.75 Å². The number of esters is 1. The zero-order chi connectivity index (χ0) is 16.8.